The first-order valence-corrected chi connectivity index (χ1v) is 5.30. The first-order chi connectivity index (χ1) is 8.31. The van der Waals surface area contributed by atoms with E-state index in [1.165, 1.54) is 0 Å². The number of azide groups is 1. The van der Waals surface area contributed by atoms with E-state index >= 15 is 0 Å². The Hall–Kier alpha value is -2.04. The molecule has 0 saturated carbocycles. The molecule has 0 radical (unpaired) electrons. The molecule has 1 aliphatic rings. The third-order valence-electron chi connectivity index (χ3n) is 2.54. The van der Waals surface area contributed by atoms with E-state index in [-0.39, 0.29) is 12.5 Å². The van der Waals surface area contributed by atoms with Gasteiger partial charge < -0.3 is 10.1 Å². The molecule has 1 aromatic rings. The number of nitrogens with one attached hydrogen (secondary N) is 1. The number of hydrogen-bond donors (Lipinski definition) is 1. The number of rotatable bonds is 4. The maximum absolute atomic E-state index is 11.7. The third-order valence-corrected chi connectivity index (χ3v) is 2.54. The summed E-state index contributed by atoms with van der Waals surface area (Å²) in [6.45, 7) is 1.79. The molecular formula is C11H12N4O2. The lowest BCUT2D eigenvalue weighted by molar-refractivity contribution is 0.0954. The molecule has 0 spiro atoms. The van der Waals surface area contributed by atoms with Crippen LogP contribution in [0.2, 0.25) is 0 Å². The van der Waals surface area contributed by atoms with E-state index in [2.05, 4.69) is 15.3 Å². The van der Waals surface area contributed by atoms with Crippen molar-refractivity contribution < 1.29 is 9.53 Å². The van der Waals surface area contributed by atoms with Gasteiger partial charge in [-0.15, -0.1) is 0 Å². The summed E-state index contributed by atoms with van der Waals surface area (Å²) < 4.78 is 5.28. The SMILES string of the molecule is [N-]=[N+]=NCCNC(=O)c1ccc2c(c1)COC2. The summed E-state index contributed by atoms with van der Waals surface area (Å²) in [5.74, 6) is -0.159. The van der Waals surface area contributed by atoms with Crippen LogP contribution in [0.25, 0.3) is 10.4 Å². The second kappa shape index (κ2) is 5.34. The Morgan fingerprint density at radius 1 is 1.47 bits per heavy atom. The Bertz CT molecular complexity index is 480. The second-order valence-corrected chi connectivity index (χ2v) is 3.69. The average molecular weight is 232 g/mol. The summed E-state index contributed by atoms with van der Waals surface area (Å²) >= 11 is 0. The molecule has 0 atom stereocenters. The Labute approximate surface area is 98.2 Å². The summed E-state index contributed by atoms with van der Waals surface area (Å²) in [7, 11) is 0. The fourth-order valence-corrected chi connectivity index (χ4v) is 1.68. The molecule has 0 unspecified atom stereocenters. The number of carbonyl (C=O) groups excluding carboxylic acids is 1. The highest BCUT2D eigenvalue weighted by Gasteiger charge is 2.13. The lowest BCUT2D eigenvalue weighted by Gasteiger charge is -2.04. The third kappa shape index (κ3) is 2.75. The molecule has 0 aromatic heterocycles. The van der Waals surface area contributed by atoms with Gasteiger partial charge in [-0.25, -0.2) is 0 Å². The van der Waals surface area contributed by atoms with Crippen molar-refractivity contribution in [1.82, 2.24) is 5.32 Å². The maximum atomic E-state index is 11.7. The molecule has 17 heavy (non-hydrogen) atoms. The van der Waals surface area contributed by atoms with Crippen LogP contribution in [0.3, 0.4) is 0 Å². The molecular weight excluding hydrogens is 220 g/mol. The second-order valence-electron chi connectivity index (χ2n) is 3.69. The number of carbonyl (C=O) groups is 1. The van der Waals surface area contributed by atoms with Gasteiger partial charge in [-0.3, -0.25) is 4.79 Å². The molecule has 6 nitrogen and oxygen atoms in total. The highest BCUT2D eigenvalue weighted by molar-refractivity contribution is 5.94. The highest BCUT2D eigenvalue weighted by atomic mass is 16.5. The fourth-order valence-electron chi connectivity index (χ4n) is 1.68. The van der Waals surface area contributed by atoms with Crippen LogP contribution in [-0.2, 0) is 18.0 Å². The summed E-state index contributed by atoms with van der Waals surface area (Å²) in [5, 5.41) is 6.02. The van der Waals surface area contributed by atoms with Gasteiger partial charge in [0.05, 0.1) is 13.2 Å². The van der Waals surface area contributed by atoms with E-state index in [1.807, 2.05) is 12.1 Å². The van der Waals surface area contributed by atoms with E-state index in [4.69, 9.17) is 10.3 Å². The lowest BCUT2D eigenvalue weighted by atomic mass is 10.1. The lowest BCUT2D eigenvalue weighted by Crippen LogP contribution is -2.25. The first kappa shape index (κ1) is 11.4. The Balaban J connectivity index is 1.97. The van der Waals surface area contributed by atoms with Gasteiger partial charge in [-0.05, 0) is 28.8 Å². The van der Waals surface area contributed by atoms with Gasteiger partial charge in [0, 0.05) is 23.6 Å². The van der Waals surface area contributed by atoms with Crippen molar-refractivity contribution in [3.63, 3.8) is 0 Å². The van der Waals surface area contributed by atoms with E-state index < -0.39 is 0 Å². The molecule has 1 heterocycles. The van der Waals surface area contributed by atoms with Crippen molar-refractivity contribution in [3.8, 4) is 0 Å². The van der Waals surface area contributed by atoms with Crippen LogP contribution >= 0.6 is 0 Å². The average Bonchev–Trinajstić information content (AvgIpc) is 2.81. The molecule has 1 aromatic carbocycles. The number of nitrogens with zero attached hydrogens (tertiary/aromatic N) is 3. The summed E-state index contributed by atoms with van der Waals surface area (Å²) in [6, 6.07) is 5.52. The predicted octanol–water partition coefficient (Wildman–Crippen LogP) is 1.76. The van der Waals surface area contributed by atoms with Crippen molar-refractivity contribution in [3.05, 3.63) is 45.3 Å². The minimum atomic E-state index is -0.159. The number of amides is 1. The Morgan fingerprint density at radius 3 is 3.12 bits per heavy atom. The predicted molar refractivity (Wildman–Crippen MR) is 61.3 cm³/mol. The van der Waals surface area contributed by atoms with Crippen molar-refractivity contribution in [1.29, 1.82) is 0 Å². The number of hydrogen-bond acceptors (Lipinski definition) is 3. The zero-order valence-electron chi connectivity index (χ0n) is 9.22. The van der Waals surface area contributed by atoms with Gasteiger partial charge in [-0.2, -0.15) is 0 Å². The van der Waals surface area contributed by atoms with Crippen LogP contribution in [0.5, 0.6) is 0 Å². The quantitative estimate of drug-likeness (QED) is 0.371. The van der Waals surface area contributed by atoms with E-state index in [1.54, 1.807) is 6.07 Å². The Morgan fingerprint density at radius 2 is 2.29 bits per heavy atom. The molecule has 2 rings (SSSR count). The number of fused-ring (bicyclic) bond motifs is 1. The van der Waals surface area contributed by atoms with E-state index in [0.717, 1.165) is 11.1 Å². The topological polar surface area (TPSA) is 87.1 Å². The largest absolute Gasteiger partial charge is 0.372 e. The van der Waals surface area contributed by atoms with Gasteiger partial charge in [0.1, 0.15) is 0 Å². The monoisotopic (exact) mass is 232 g/mol. The molecule has 0 fully saturated rings. The molecule has 6 heteroatoms. The first-order valence-electron chi connectivity index (χ1n) is 5.30. The van der Waals surface area contributed by atoms with Crippen LogP contribution < -0.4 is 5.32 Å². The molecule has 1 amide bonds. The summed E-state index contributed by atoms with van der Waals surface area (Å²) in [6.07, 6.45) is 0. The minimum Gasteiger partial charge on any atom is -0.372 e. The Kier molecular flexibility index (Phi) is 3.59. The van der Waals surface area contributed by atoms with Gasteiger partial charge in [0.2, 0.25) is 0 Å². The smallest absolute Gasteiger partial charge is 0.251 e. The van der Waals surface area contributed by atoms with Gasteiger partial charge in [0.15, 0.2) is 0 Å². The molecule has 0 saturated heterocycles. The van der Waals surface area contributed by atoms with Gasteiger partial charge in [0.25, 0.3) is 5.91 Å². The van der Waals surface area contributed by atoms with Crippen molar-refractivity contribution >= 4 is 5.91 Å². The normalized spacial score (nSPS) is 12.7. The van der Waals surface area contributed by atoms with Crippen molar-refractivity contribution in [2.24, 2.45) is 5.11 Å². The maximum Gasteiger partial charge on any atom is 0.251 e. The van der Waals surface area contributed by atoms with Crippen LogP contribution in [0.4, 0.5) is 0 Å². The minimum absolute atomic E-state index is 0.159. The van der Waals surface area contributed by atoms with Crippen molar-refractivity contribution in [2.75, 3.05) is 13.1 Å². The number of benzene rings is 1. The standard InChI is InChI=1S/C11H12N4O2/c12-15-14-4-3-13-11(16)8-1-2-9-6-17-7-10(9)5-8/h1-2,5H,3-4,6-7H2,(H,13,16). The molecule has 1 aliphatic heterocycles. The zero-order chi connectivity index (χ0) is 12.1. The van der Waals surface area contributed by atoms with Crippen LogP contribution in [-0.4, -0.2) is 19.0 Å². The molecule has 1 N–H and O–H groups in total. The number of ether oxygens (including phenoxy) is 1. The van der Waals surface area contributed by atoms with Crippen LogP contribution in [0, 0.1) is 0 Å². The summed E-state index contributed by atoms with van der Waals surface area (Å²) in [5.41, 5.74) is 10.9. The van der Waals surface area contributed by atoms with Crippen molar-refractivity contribution in [2.45, 2.75) is 13.2 Å². The highest BCUT2D eigenvalue weighted by Crippen LogP contribution is 2.20. The van der Waals surface area contributed by atoms with Crippen LogP contribution in [0.15, 0.2) is 23.3 Å². The van der Waals surface area contributed by atoms with E-state index in [0.29, 0.717) is 25.3 Å². The zero-order valence-corrected chi connectivity index (χ0v) is 9.22. The summed E-state index contributed by atoms with van der Waals surface area (Å²) in [4.78, 5) is 14.3. The molecule has 0 bridgehead atoms. The van der Waals surface area contributed by atoms with Gasteiger partial charge >= 0.3 is 0 Å². The molecule has 88 valence electrons. The fraction of sp³-hybridized carbons (Fsp3) is 0.364. The van der Waals surface area contributed by atoms with Gasteiger partial charge in [-0.1, -0.05) is 11.2 Å². The van der Waals surface area contributed by atoms with E-state index in [9.17, 15) is 4.79 Å². The molecule has 0 aliphatic carbocycles. The van der Waals surface area contributed by atoms with Crippen LogP contribution in [0.1, 0.15) is 21.5 Å².